The highest BCUT2D eigenvalue weighted by Gasteiger charge is 2.36. The van der Waals surface area contributed by atoms with Gasteiger partial charge in [-0.25, -0.2) is 9.37 Å². The number of aromatic nitrogens is 3. The van der Waals surface area contributed by atoms with Gasteiger partial charge in [0, 0.05) is 37.0 Å². The van der Waals surface area contributed by atoms with Gasteiger partial charge in [0.25, 0.3) is 5.19 Å². The molecule has 1 aliphatic heterocycles. The van der Waals surface area contributed by atoms with E-state index in [-0.39, 0.29) is 23.6 Å². The molecule has 1 aliphatic carbocycles. The Balaban J connectivity index is 1.17. The highest BCUT2D eigenvalue weighted by atomic mass is 32.1. The van der Waals surface area contributed by atoms with Crippen molar-refractivity contribution < 1.29 is 27.1 Å². The number of nitrogens with one attached hydrogen (secondary N) is 1. The van der Waals surface area contributed by atoms with Gasteiger partial charge in [-0.2, -0.15) is 13.2 Å². The van der Waals surface area contributed by atoms with Crippen LogP contribution in [0.1, 0.15) is 52.7 Å². The van der Waals surface area contributed by atoms with Crippen LogP contribution in [0, 0.1) is 6.92 Å². The van der Waals surface area contributed by atoms with Gasteiger partial charge in [-0.1, -0.05) is 11.3 Å². The van der Waals surface area contributed by atoms with E-state index in [0.717, 1.165) is 15.6 Å². The Hall–Kier alpha value is -1.86. The van der Waals surface area contributed by atoms with Crippen molar-refractivity contribution in [2.24, 2.45) is 0 Å². The molecular formula is C22H29F4N5O2S2. The summed E-state index contributed by atoms with van der Waals surface area (Å²) in [5.41, 5.74) is -0.462. The van der Waals surface area contributed by atoms with Crippen molar-refractivity contribution in [2.45, 2.75) is 76.2 Å². The number of aryl methyl sites for hydroxylation is 1. The van der Waals surface area contributed by atoms with Crippen LogP contribution in [-0.2, 0) is 24.1 Å². The normalized spacial score (nSPS) is 23.5. The summed E-state index contributed by atoms with van der Waals surface area (Å²) in [6.07, 6.45) is -0.416. The third-order valence-electron chi connectivity index (χ3n) is 6.44. The van der Waals surface area contributed by atoms with E-state index in [1.54, 1.807) is 0 Å². The molecule has 13 heteroatoms. The average Bonchev–Trinajstić information content (AvgIpc) is 3.33. The third-order valence-corrected chi connectivity index (χ3v) is 8.35. The molecule has 2 aromatic heterocycles. The Kier molecular flexibility index (Phi) is 8.26. The predicted octanol–water partition coefficient (Wildman–Crippen LogP) is 4.04. The van der Waals surface area contributed by atoms with Gasteiger partial charge in [0.2, 0.25) is 5.91 Å². The minimum Gasteiger partial charge on any atom is -0.460 e. The second-order valence-corrected chi connectivity index (χ2v) is 11.5. The summed E-state index contributed by atoms with van der Waals surface area (Å²) < 4.78 is 57.3. The van der Waals surface area contributed by atoms with Gasteiger partial charge in [-0.3, -0.25) is 4.79 Å². The lowest BCUT2D eigenvalue weighted by atomic mass is 9.81. The van der Waals surface area contributed by atoms with Crippen molar-refractivity contribution in [2.75, 3.05) is 26.2 Å². The van der Waals surface area contributed by atoms with Gasteiger partial charge < -0.3 is 15.0 Å². The van der Waals surface area contributed by atoms with E-state index < -0.39 is 18.5 Å². The fraction of sp³-hybridized carbons (Fsp3) is 0.727. The summed E-state index contributed by atoms with van der Waals surface area (Å²) in [6.45, 7) is 2.54. The first-order valence-electron chi connectivity index (χ1n) is 11.7. The number of carbonyl (C=O) groups is 1. The van der Waals surface area contributed by atoms with E-state index in [4.69, 9.17) is 4.74 Å². The van der Waals surface area contributed by atoms with Crippen LogP contribution >= 0.6 is 22.7 Å². The number of carbonyl (C=O) groups excluding carboxylic acids is 1. The van der Waals surface area contributed by atoms with Crippen LogP contribution < -0.4 is 10.1 Å². The molecule has 0 aromatic carbocycles. The third kappa shape index (κ3) is 7.81. The topological polar surface area (TPSA) is 80.2 Å². The fourth-order valence-electron chi connectivity index (χ4n) is 4.53. The summed E-state index contributed by atoms with van der Waals surface area (Å²) in [7, 11) is 0. The largest absolute Gasteiger partial charge is 0.460 e. The van der Waals surface area contributed by atoms with E-state index >= 15 is 4.39 Å². The lowest BCUT2D eigenvalue weighted by Crippen LogP contribution is -2.43. The molecule has 2 aromatic rings. The summed E-state index contributed by atoms with van der Waals surface area (Å²) in [4.78, 5) is 19.6. The maximum Gasteiger partial charge on any atom is 0.422 e. The Bertz CT molecular complexity index is 979. The molecule has 35 heavy (non-hydrogen) atoms. The number of alkyl halides is 4. The van der Waals surface area contributed by atoms with Crippen LogP contribution in [0.15, 0.2) is 0 Å². The smallest absolute Gasteiger partial charge is 0.422 e. The Morgan fingerprint density at radius 1 is 1.20 bits per heavy atom. The number of amides is 1. The van der Waals surface area contributed by atoms with Crippen LogP contribution in [0.4, 0.5) is 17.6 Å². The average molecular weight is 536 g/mol. The SMILES string of the molecule is Cc1nnc(CC(=O)NC2CCC(F)(CCN3CCc4nc(OCC(F)(F)F)sc4CC3)CC2)s1. The van der Waals surface area contributed by atoms with Gasteiger partial charge in [-0.05, 0) is 45.4 Å². The van der Waals surface area contributed by atoms with Gasteiger partial charge in [0.15, 0.2) is 6.61 Å². The van der Waals surface area contributed by atoms with Crippen LogP contribution in [0.2, 0.25) is 0 Å². The predicted molar refractivity (Wildman–Crippen MR) is 125 cm³/mol. The zero-order valence-corrected chi connectivity index (χ0v) is 21.1. The van der Waals surface area contributed by atoms with E-state index in [1.807, 2.05) is 6.92 Å². The lowest BCUT2D eigenvalue weighted by molar-refractivity contribution is -0.153. The quantitative estimate of drug-likeness (QED) is 0.514. The molecule has 1 amide bonds. The molecule has 2 aliphatic rings. The van der Waals surface area contributed by atoms with Gasteiger partial charge >= 0.3 is 6.18 Å². The first-order valence-corrected chi connectivity index (χ1v) is 13.4. The molecule has 0 atom stereocenters. The van der Waals surface area contributed by atoms with Crippen molar-refractivity contribution in [1.82, 2.24) is 25.4 Å². The standard InChI is InChI=1S/C22H29F4N5O2S2/c1-14-29-30-19(34-14)12-18(32)27-15-2-6-21(23,7-3-15)8-11-31-9-4-16-17(5-10-31)35-20(28-16)33-13-22(24,25)26/h15H,2-13H2,1H3,(H,27,32). The Labute approximate surface area is 209 Å². The second kappa shape index (κ2) is 11.0. The Morgan fingerprint density at radius 3 is 2.63 bits per heavy atom. The van der Waals surface area contributed by atoms with Gasteiger partial charge in [0.1, 0.15) is 15.7 Å². The van der Waals surface area contributed by atoms with Crippen molar-refractivity contribution in [3.8, 4) is 5.19 Å². The van der Waals surface area contributed by atoms with Gasteiger partial charge in [0.05, 0.1) is 12.1 Å². The summed E-state index contributed by atoms with van der Waals surface area (Å²) >= 11 is 2.57. The molecule has 0 radical (unpaired) electrons. The zero-order valence-electron chi connectivity index (χ0n) is 19.5. The first kappa shape index (κ1) is 26.2. The summed E-state index contributed by atoms with van der Waals surface area (Å²) in [6, 6.07) is -0.0191. The zero-order chi connectivity index (χ0) is 25.1. The molecular weight excluding hydrogens is 506 g/mol. The monoisotopic (exact) mass is 535 g/mol. The first-order chi connectivity index (χ1) is 16.6. The summed E-state index contributed by atoms with van der Waals surface area (Å²) in [5, 5.41) is 12.5. The highest BCUT2D eigenvalue weighted by molar-refractivity contribution is 7.13. The molecule has 1 saturated carbocycles. The number of rotatable bonds is 8. The van der Waals surface area contributed by atoms with Crippen LogP contribution in [0.5, 0.6) is 5.19 Å². The van der Waals surface area contributed by atoms with E-state index in [9.17, 15) is 18.0 Å². The van der Waals surface area contributed by atoms with E-state index in [1.165, 1.54) is 22.7 Å². The minimum absolute atomic E-state index is 0.0191. The Morgan fingerprint density at radius 2 is 1.94 bits per heavy atom. The fourth-order valence-corrected chi connectivity index (χ4v) is 6.18. The van der Waals surface area contributed by atoms with Crippen molar-refractivity contribution in [1.29, 1.82) is 0 Å². The number of hydrogen-bond acceptors (Lipinski definition) is 8. The van der Waals surface area contributed by atoms with Gasteiger partial charge in [-0.15, -0.1) is 21.5 Å². The molecule has 4 rings (SSSR count). The van der Waals surface area contributed by atoms with E-state index in [2.05, 4.69) is 25.4 Å². The number of nitrogens with zero attached hydrogens (tertiary/aromatic N) is 4. The van der Waals surface area contributed by atoms with Crippen LogP contribution in [0.25, 0.3) is 0 Å². The van der Waals surface area contributed by atoms with E-state index in [0.29, 0.717) is 69.6 Å². The van der Waals surface area contributed by atoms with Crippen molar-refractivity contribution >= 4 is 28.6 Å². The van der Waals surface area contributed by atoms with Crippen LogP contribution in [-0.4, -0.2) is 70.1 Å². The highest BCUT2D eigenvalue weighted by Crippen LogP contribution is 2.36. The van der Waals surface area contributed by atoms with Crippen molar-refractivity contribution in [3.05, 3.63) is 20.6 Å². The molecule has 194 valence electrons. The maximum absolute atomic E-state index is 15.5. The number of thiazole rings is 1. The van der Waals surface area contributed by atoms with Crippen LogP contribution in [0.3, 0.4) is 0 Å². The number of fused-ring (bicyclic) bond motifs is 1. The number of halogens is 4. The molecule has 0 spiro atoms. The molecule has 1 fully saturated rings. The minimum atomic E-state index is -4.38. The maximum atomic E-state index is 15.5. The number of ether oxygens (including phenoxy) is 1. The molecule has 1 N–H and O–H groups in total. The molecule has 7 nitrogen and oxygen atoms in total. The lowest BCUT2D eigenvalue weighted by Gasteiger charge is -2.35. The second-order valence-electron chi connectivity index (χ2n) is 9.23. The molecule has 0 saturated heterocycles. The van der Waals surface area contributed by atoms with Crippen molar-refractivity contribution in [3.63, 3.8) is 0 Å². The number of hydrogen-bond donors (Lipinski definition) is 1. The molecule has 0 unspecified atom stereocenters. The molecule has 0 bridgehead atoms. The molecule has 3 heterocycles. The summed E-state index contributed by atoms with van der Waals surface area (Å²) in [5.74, 6) is -0.102.